The topological polar surface area (TPSA) is 8.17 Å². The van der Waals surface area contributed by atoms with E-state index in [-0.39, 0.29) is 0 Å². The number of rotatable bonds is 6. The van der Waals surface area contributed by atoms with Gasteiger partial charge in [-0.15, -0.1) is 0 Å². The molecule has 0 N–H and O–H groups in total. The number of fused-ring (bicyclic) bond motifs is 11. The highest BCUT2D eigenvalue weighted by molar-refractivity contribution is 7.80. The van der Waals surface area contributed by atoms with Gasteiger partial charge in [0.25, 0.3) is 0 Å². The van der Waals surface area contributed by atoms with Crippen LogP contribution in [0, 0.1) is 0 Å². The number of benzene rings is 10. The van der Waals surface area contributed by atoms with Gasteiger partial charge in [-0.3, -0.25) is 0 Å². The average Bonchev–Trinajstić information content (AvgIpc) is 3.72. The van der Waals surface area contributed by atoms with Gasteiger partial charge in [-0.25, -0.2) is 0 Å². The first-order chi connectivity index (χ1) is 31.8. The Morgan fingerprint density at radius 2 is 0.859 bits per heavy atom. The molecular formula is C61H41N2P. The van der Waals surface area contributed by atoms with Crippen molar-refractivity contribution >= 4 is 62.7 Å². The molecule has 2 aliphatic heterocycles. The Hall–Kier alpha value is -7.77. The Balaban J connectivity index is 1.00. The van der Waals surface area contributed by atoms with Crippen LogP contribution in [-0.2, 0) is 5.41 Å². The maximum absolute atomic E-state index is 2.53. The molecule has 0 bridgehead atoms. The largest absolute Gasteiger partial charge is 0.311 e. The molecule has 2 atom stereocenters. The second kappa shape index (κ2) is 14.7. The fourth-order valence-corrected chi connectivity index (χ4v) is 13.6. The molecule has 3 heterocycles. The molecule has 10 aromatic carbocycles. The van der Waals surface area contributed by atoms with Gasteiger partial charge in [0.1, 0.15) is 0 Å². The summed E-state index contributed by atoms with van der Waals surface area (Å²) in [4.78, 5) is 2.35. The SMILES string of the molecule is c1ccc(-c2ccc(N(c3ccccc3)c3ccc(-c4ccc5c(c4)[P@](c4ccccc4)c4ccccc4C54c5ccccc5-n5c6ccccc6c6cccc4c65)cc3)cc2)cc1. The van der Waals surface area contributed by atoms with Gasteiger partial charge in [-0.2, -0.15) is 0 Å². The molecular weight excluding hydrogens is 792 g/mol. The first-order valence-electron chi connectivity index (χ1n) is 22.1. The number of hydrogen-bond acceptors (Lipinski definition) is 1. The van der Waals surface area contributed by atoms with Crippen LogP contribution in [0.15, 0.2) is 249 Å². The van der Waals surface area contributed by atoms with E-state index in [1.807, 2.05) is 0 Å². The molecule has 0 amide bonds. The van der Waals surface area contributed by atoms with Crippen LogP contribution >= 0.6 is 7.92 Å². The number of para-hydroxylation sites is 4. The fourth-order valence-electron chi connectivity index (χ4n) is 10.9. The fraction of sp³-hybridized carbons (Fsp3) is 0.0164. The molecule has 0 saturated carbocycles. The lowest BCUT2D eigenvalue weighted by Crippen LogP contribution is -2.47. The Bertz CT molecular complexity index is 3540. The highest BCUT2D eigenvalue weighted by Crippen LogP contribution is 2.58. The van der Waals surface area contributed by atoms with Crippen LogP contribution in [0.5, 0.6) is 0 Å². The summed E-state index contributed by atoms with van der Waals surface area (Å²) < 4.78 is 2.53. The third-order valence-electron chi connectivity index (χ3n) is 13.6. The Morgan fingerprint density at radius 1 is 0.344 bits per heavy atom. The first-order valence-corrected chi connectivity index (χ1v) is 23.4. The van der Waals surface area contributed by atoms with Gasteiger partial charge in [0.05, 0.1) is 22.1 Å². The Morgan fingerprint density at radius 3 is 1.61 bits per heavy atom. The zero-order chi connectivity index (χ0) is 42.2. The van der Waals surface area contributed by atoms with Crippen molar-refractivity contribution in [2.75, 3.05) is 4.90 Å². The molecule has 0 aliphatic carbocycles. The zero-order valence-electron chi connectivity index (χ0n) is 35.0. The highest BCUT2D eigenvalue weighted by Gasteiger charge is 2.51. The number of hydrogen-bond donors (Lipinski definition) is 0. The van der Waals surface area contributed by atoms with Gasteiger partial charge >= 0.3 is 0 Å². The molecule has 2 nitrogen and oxygen atoms in total. The van der Waals surface area contributed by atoms with Crippen molar-refractivity contribution in [3.63, 3.8) is 0 Å². The number of anilines is 3. The lowest BCUT2D eigenvalue weighted by Gasteiger charge is -2.48. The van der Waals surface area contributed by atoms with E-state index < -0.39 is 13.3 Å². The van der Waals surface area contributed by atoms with Crippen molar-refractivity contribution < 1.29 is 0 Å². The second-order valence-electron chi connectivity index (χ2n) is 16.9. The van der Waals surface area contributed by atoms with Gasteiger partial charge in [-0.05, 0) is 123 Å². The van der Waals surface area contributed by atoms with Gasteiger partial charge in [0, 0.05) is 27.8 Å². The van der Waals surface area contributed by atoms with Gasteiger partial charge < -0.3 is 9.47 Å². The second-order valence-corrected chi connectivity index (χ2v) is 19.0. The molecule has 1 aromatic heterocycles. The minimum absolute atomic E-state index is 0.533. The quantitative estimate of drug-likeness (QED) is 0.152. The summed E-state index contributed by atoms with van der Waals surface area (Å²) in [6.07, 6.45) is 0. The maximum atomic E-state index is 2.53. The molecule has 11 aromatic rings. The minimum Gasteiger partial charge on any atom is -0.311 e. The molecule has 0 saturated heterocycles. The van der Waals surface area contributed by atoms with E-state index in [1.165, 1.54) is 87.9 Å². The first kappa shape index (κ1) is 36.8. The Kier molecular flexibility index (Phi) is 8.44. The standard InChI is InChI=1S/C61H41N2P/c1-4-17-42(18-5-1)43-31-36-47(37-32-43)62(46-19-6-2-7-20-46)48-38-33-44(34-39-48)45-35-40-54-59(41-45)64(49-21-8-3-9-22-49)58-30-15-12-26-53(58)61(54)52-25-11-14-29-57(52)63-56-28-13-10-23-50(56)51-24-16-27-55(61)60(51)63/h1-41H/t61?,64-/m1/s1. The normalized spacial score (nSPS) is 15.7. The summed E-state index contributed by atoms with van der Waals surface area (Å²) in [5, 5.41) is 6.77. The maximum Gasteiger partial charge on any atom is 0.0755 e. The summed E-state index contributed by atoms with van der Waals surface area (Å²) in [5.74, 6) is 0. The van der Waals surface area contributed by atoms with E-state index in [2.05, 4.69) is 258 Å². The van der Waals surface area contributed by atoms with Crippen LogP contribution in [-0.4, -0.2) is 4.57 Å². The van der Waals surface area contributed by atoms with Crippen molar-refractivity contribution in [3.05, 3.63) is 271 Å². The summed E-state index contributed by atoms with van der Waals surface area (Å²) in [6.45, 7) is 0. The minimum atomic E-state index is -0.903. The highest BCUT2D eigenvalue weighted by atomic mass is 31.1. The summed E-state index contributed by atoms with van der Waals surface area (Å²) >= 11 is 0. The lowest BCUT2D eigenvalue weighted by molar-refractivity contribution is 0.734. The monoisotopic (exact) mass is 832 g/mol. The van der Waals surface area contributed by atoms with Gasteiger partial charge in [0.2, 0.25) is 0 Å². The van der Waals surface area contributed by atoms with Crippen LogP contribution in [0.4, 0.5) is 17.1 Å². The van der Waals surface area contributed by atoms with Crippen LogP contribution in [0.25, 0.3) is 49.7 Å². The smallest absolute Gasteiger partial charge is 0.0755 e. The van der Waals surface area contributed by atoms with Crippen molar-refractivity contribution in [1.29, 1.82) is 0 Å². The zero-order valence-corrected chi connectivity index (χ0v) is 35.9. The summed E-state index contributed by atoms with van der Waals surface area (Å²) in [7, 11) is -0.903. The van der Waals surface area contributed by atoms with Crippen LogP contribution < -0.4 is 20.8 Å². The van der Waals surface area contributed by atoms with Crippen LogP contribution in [0.2, 0.25) is 0 Å². The van der Waals surface area contributed by atoms with E-state index in [4.69, 9.17) is 0 Å². The summed E-state index contributed by atoms with van der Waals surface area (Å²) in [6, 6.07) is 92.4. The van der Waals surface area contributed by atoms with Crippen molar-refractivity contribution in [1.82, 2.24) is 4.57 Å². The number of aromatic nitrogens is 1. The molecule has 3 heteroatoms. The Labute approximate surface area is 374 Å². The predicted octanol–water partition coefficient (Wildman–Crippen LogP) is 14.4. The molecule has 0 radical (unpaired) electrons. The number of nitrogens with zero attached hydrogens (tertiary/aromatic N) is 2. The van der Waals surface area contributed by atoms with Gasteiger partial charge in [0.15, 0.2) is 0 Å². The third kappa shape index (κ3) is 5.43. The van der Waals surface area contributed by atoms with E-state index in [0.29, 0.717) is 0 Å². The van der Waals surface area contributed by atoms with Crippen molar-refractivity contribution in [3.8, 4) is 27.9 Å². The van der Waals surface area contributed by atoms with E-state index in [0.717, 1.165) is 17.1 Å². The molecule has 13 rings (SSSR count). The van der Waals surface area contributed by atoms with Gasteiger partial charge in [-0.1, -0.05) is 194 Å². The van der Waals surface area contributed by atoms with Crippen LogP contribution in [0.1, 0.15) is 22.3 Å². The molecule has 300 valence electrons. The molecule has 64 heavy (non-hydrogen) atoms. The third-order valence-corrected chi connectivity index (χ3v) is 16.1. The van der Waals surface area contributed by atoms with E-state index in [9.17, 15) is 0 Å². The summed E-state index contributed by atoms with van der Waals surface area (Å²) in [5.41, 5.74) is 16.9. The molecule has 1 unspecified atom stereocenters. The van der Waals surface area contributed by atoms with E-state index >= 15 is 0 Å². The molecule has 2 aliphatic rings. The predicted molar refractivity (Wildman–Crippen MR) is 270 cm³/mol. The molecule has 1 spiro atoms. The lowest BCUT2D eigenvalue weighted by atomic mass is 9.62. The molecule has 0 fully saturated rings. The van der Waals surface area contributed by atoms with E-state index in [1.54, 1.807) is 0 Å². The van der Waals surface area contributed by atoms with Crippen molar-refractivity contribution in [2.45, 2.75) is 5.41 Å². The van der Waals surface area contributed by atoms with Crippen molar-refractivity contribution in [2.24, 2.45) is 0 Å². The van der Waals surface area contributed by atoms with Crippen LogP contribution in [0.3, 0.4) is 0 Å². The average molecular weight is 833 g/mol.